The maximum absolute atomic E-state index is 12.8. The van der Waals surface area contributed by atoms with E-state index in [0.29, 0.717) is 34.4 Å². The highest BCUT2D eigenvalue weighted by molar-refractivity contribution is 6.05. The molecule has 0 aliphatic carbocycles. The molecule has 2 aromatic heterocycles. The molecule has 0 saturated carbocycles. The smallest absolute Gasteiger partial charge is 0.291 e. The largest absolute Gasteiger partial charge is 0.495 e. The SMILES string of the molecule is COc1ccc(-c2nc3cc(C(C)C)ccc3o2)cc1NC(=O)c1cc2ccccc2o1. The van der Waals surface area contributed by atoms with Crippen molar-refractivity contribution < 1.29 is 18.4 Å². The second-order valence-electron chi connectivity index (χ2n) is 7.92. The summed E-state index contributed by atoms with van der Waals surface area (Å²) in [5.41, 5.74) is 4.60. The van der Waals surface area contributed by atoms with Crippen LogP contribution in [0.4, 0.5) is 5.69 Å². The molecule has 0 bridgehead atoms. The minimum atomic E-state index is -0.365. The van der Waals surface area contributed by atoms with Crippen LogP contribution >= 0.6 is 0 Å². The summed E-state index contributed by atoms with van der Waals surface area (Å²) in [6.45, 7) is 4.28. The Bertz CT molecular complexity index is 1410. The predicted octanol–water partition coefficient (Wildman–Crippen LogP) is 6.63. The number of nitrogens with zero attached hydrogens (tertiary/aromatic N) is 1. The van der Waals surface area contributed by atoms with Crippen LogP contribution in [0.1, 0.15) is 35.9 Å². The number of carbonyl (C=O) groups excluding carboxylic acids is 1. The summed E-state index contributed by atoms with van der Waals surface area (Å²) in [6, 6.07) is 20.6. The fourth-order valence-corrected chi connectivity index (χ4v) is 3.64. The van der Waals surface area contributed by atoms with Crippen LogP contribution in [0.2, 0.25) is 0 Å². The maximum Gasteiger partial charge on any atom is 0.291 e. The Hall–Kier alpha value is -4.06. The van der Waals surface area contributed by atoms with Gasteiger partial charge in [-0.05, 0) is 53.9 Å². The number of fused-ring (bicyclic) bond motifs is 2. The minimum Gasteiger partial charge on any atom is -0.495 e. The molecule has 3 aromatic carbocycles. The van der Waals surface area contributed by atoms with Crippen LogP contribution in [0.3, 0.4) is 0 Å². The van der Waals surface area contributed by atoms with Gasteiger partial charge in [0.25, 0.3) is 5.91 Å². The van der Waals surface area contributed by atoms with Gasteiger partial charge in [-0.1, -0.05) is 38.1 Å². The van der Waals surface area contributed by atoms with Gasteiger partial charge in [0.15, 0.2) is 11.3 Å². The van der Waals surface area contributed by atoms with Crippen molar-refractivity contribution in [3.8, 4) is 17.2 Å². The molecule has 1 amide bonds. The zero-order chi connectivity index (χ0) is 22.2. The first-order valence-corrected chi connectivity index (χ1v) is 10.4. The Morgan fingerprint density at radius 3 is 2.59 bits per heavy atom. The average molecular weight is 426 g/mol. The number of aromatic nitrogens is 1. The molecule has 5 aromatic rings. The number of anilines is 1. The van der Waals surface area contributed by atoms with Crippen LogP contribution in [-0.4, -0.2) is 18.0 Å². The number of benzene rings is 3. The fraction of sp³-hybridized carbons (Fsp3) is 0.154. The number of ether oxygens (including phenoxy) is 1. The summed E-state index contributed by atoms with van der Waals surface area (Å²) in [6.07, 6.45) is 0. The number of methoxy groups -OCH3 is 1. The molecule has 0 spiro atoms. The van der Waals surface area contributed by atoms with E-state index in [9.17, 15) is 4.79 Å². The van der Waals surface area contributed by atoms with Crippen LogP contribution in [0.15, 0.2) is 75.6 Å². The van der Waals surface area contributed by atoms with Gasteiger partial charge in [-0.15, -0.1) is 0 Å². The first-order chi connectivity index (χ1) is 15.5. The summed E-state index contributed by atoms with van der Waals surface area (Å²) in [5, 5.41) is 3.75. The summed E-state index contributed by atoms with van der Waals surface area (Å²) in [4.78, 5) is 17.5. The molecule has 0 aliphatic heterocycles. The third kappa shape index (κ3) is 3.60. The van der Waals surface area contributed by atoms with E-state index < -0.39 is 0 Å². The van der Waals surface area contributed by atoms with E-state index in [1.165, 1.54) is 5.56 Å². The molecule has 2 heterocycles. The Kier molecular flexibility index (Phi) is 4.90. The van der Waals surface area contributed by atoms with Gasteiger partial charge in [0.1, 0.15) is 16.8 Å². The van der Waals surface area contributed by atoms with E-state index in [1.807, 2.05) is 42.5 Å². The molecule has 0 atom stereocenters. The Labute approximate surface area is 184 Å². The van der Waals surface area contributed by atoms with Gasteiger partial charge in [-0.25, -0.2) is 4.98 Å². The highest BCUT2D eigenvalue weighted by atomic mass is 16.5. The molecular formula is C26H22N2O4. The molecular weight excluding hydrogens is 404 g/mol. The third-order valence-electron chi connectivity index (χ3n) is 5.42. The van der Waals surface area contributed by atoms with Crippen LogP contribution < -0.4 is 10.1 Å². The van der Waals surface area contributed by atoms with E-state index in [-0.39, 0.29) is 11.7 Å². The topological polar surface area (TPSA) is 77.5 Å². The van der Waals surface area contributed by atoms with Gasteiger partial charge < -0.3 is 18.9 Å². The van der Waals surface area contributed by atoms with E-state index in [2.05, 4.69) is 30.2 Å². The molecule has 0 aliphatic rings. The number of hydrogen-bond acceptors (Lipinski definition) is 5. The van der Waals surface area contributed by atoms with E-state index in [0.717, 1.165) is 16.5 Å². The number of para-hydroxylation sites is 1. The molecule has 5 rings (SSSR count). The van der Waals surface area contributed by atoms with Crippen LogP contribution in [0.5, 0.6) is 5.75 Å². The van der Waals surface area contributed by atoms with E-state index >= 15 is 0 Å². The Morgan fingerprint density at radius 2 is 1.81 bits per heavy atom. The number of rotatable bonds is 5. The van der Waals surface area contributed by atoms with Gasteiger partial charge >= 0.3 is 0 Å². The van der Waals surface area contributed by atoms with Gasteiger partial charge in [-0.3, -0.25) is 4.79 Å². The van der Waals surface area contributed by atoms with E-state index in [1.54, 1.807) is 25.3 Å². The molecule has 1 N–H and O–H groups in total. The number of furan rings is 1. The standard InChI is InChI=1S/C26H22N2O4/c1-15(2)16-8-11-23-20(12-16)28-26(32-23)18-9-10-22(30-3)19(13-18)27-25(29)24-14-17-6-4-5-7-21(17)31-24/h4-15H,1-3H3,(H,27,29). The van der Waals surface area contributed by atoms with Gasteiger partial charge in [-0.2, -0.15) is 0 Å². The molecule has 0 unspecified atom stereocenters. The minimum absolute atomic E-state index is 0.224. The average Bonchev–Trinajstić information content (AvgIpc) is 3.42. The first kappa shape index (κ1) is 19.9. The first-order valence-electron chi connectivity index (χ1n) is 10.4. The fourth-order valence-electron chi connectivity index (χ4n) is 3.64. The molecule has 0 saturated heterocycles. The van der Waals surface area contributed by atoms with Crippen molar-refractivity contribution in [3.63, 3.8) is 0 Å². The van der Waals surface area contributed by atoms with Crippen molar-refractivity contribution in [2.24, 2.45) is 0 Å². The highest BCUT2D eigenvalue weighted by Crippen LogP contribution is 2.33. The molecule has 0 radical (unpaired) electrons. The Morgan fingerprint density at radius 1 is 0.969 bits per heavy atom. The molecule has 160 valence electrons. The van der Waals surface area contributed by atoms with Gasteiger partial charge in [0.05, 0.1) is 12.8 Å². The Balaban J connectivity index is 1.48. The predicted molar refractivity (Wildman–Crippen MR) is 124 cm³/mol. The lowest BCUT2D eigenvalue weighted by Crippen LogP contribution is -2.11. The van der Waals surface area contributed by atoms with Crippen molar-refractivity contribution in [3.05, 3.63) is 78.1 Å². The van der Waals surface area contributed by atoms with Crippen LogP contribution in [0.25, 0.3) is 33.5 Å². The number of carbonyl (C=O) groups is 1. The molecule has 0 fully saturated rings. The number of hydrogen-bond donors (Lipinski definition) is 1. The van der Waals surface area contributed by atoms with Gasteiger partial charge in [0.2, 0.25) is 5.89 Å². The summed E-state index contributed by atoms with van der Waals surface area (Å²) < 4.78 is 17.1. The quantitative estimate of drug-likeness (QED) is 0.341. The second-order valence-corrected chi connectivity index (χ2v) is 7.92. The zero-order valence-electron chi connectivity index (χ0n) is 18.0. The van der Waals surface area contributed by atoms with Crippen molar-refractivity contribution in [2.75, 3.05) is 12.4 Å². The van der Waals surface area contributed by atoms with Crippen LogP contribution in [-0.2, 0) is 0 Å². The molecule has 6 heteroatoms. The lowest BCUT2D eigenvalue weighted by Gasteiger charge is -2.10. The number of nitrogens with one attached hydrogen (secondary N) is 1. The zero-order valence-corrected chi connectivity index (χ0v) is 18.0. The van der Waals surface area contributed by atoms with Crippen molar-refractivity contribution in [2.45, 2.75) is 19.8 Å². The monoisotopic (exact) mass is 426 g/mol. The molecule has 32 heavy (non-hydrogen) atoms. The number of amides is 1. The summed E-state index contributed by atoms with van der Waals surface area (Å²) in [7, 11) is 1.55. The van der Waals surface area contributed by atoms with Gasteiger partial charge in [0, 0.05) is 10.9 Å². The van der Waals surface area contributed by atoms with Crippen molar-refractivity contribution in [1.82, 2.24) is 4.98 Å². The third-order valence-corrected chi connectivity index (χ3v) is 5.42. The maximum atomic E-state index is 12.8. The molecule has 6 nitrogen and oxygen atoms in total. The highest BCUT2D eigenvalue weighted by Gasteiger charge is 2.17. The lowest BCUT2D eigenvalue weighted by molar-refractivity contribution is 0.0998. The van der Waals surface area contributed by atoms with E-state index in [4.69, 9.17) is 13.6 Å². The number of oxazole rings is 1. The second kappa shape index (κ2) is 7.89. The summed E-state index contributed by atoms with van der Waals surface area (Å²) >= 11 is 0. The van der Waals surface area contributed by atoms with Crippen LogP contribution in [0, 0.1) is 0 Å². The summed E-state index contributed by atoms with van der Waals surface area (Å²) in [5.74, 6) is 1.26. The van der Waals surface area contributed by atoms with Crippen molar-refractivity contribution >= 4 is 33.7 Å². The lowest BCUT2D eigenvalue weighted by atomic mass is 10.0. The van der Waals surface area contributed by atoms with Crippen molar-refractivity contribution in [1.29, 1.82) is 0 Å². The normalized spacial score (nSPS) is 11.4.